The third kappa shape index (κ3) is 4.65. The topological polar surface area (TPSA) is 122 Å². The van der Waals surface area contributed by atoms with E-state index in [2.05, 4.69) is 28.8 Å². The SMILES string of the molecule is CC(CCn1cc2cc(C#CC#C[C@H]3C[C@@H]3CO)ccc2n1)(C(=O)NO)S(C)(=O)=O. The van der Waals surface area contributed by atoms with Gasteiger partial charge in [0.25, 0.3) is 5.91 Å². The largest absolute Gasteiger partial charge is 0.396 e. The van der Waals surface area contributed by atoms with Gasteiger partial charge in [0.2, 0.25) is 0 Å². The smallest absolute Gasteiger partial charge is 0.264 e. The van der Waals surface area contributed by atoms with E-state index in [0.29, 0.717) is 5.52 Å². The number of rotatable bonds is 6. The lowest BCUT2D eigenvalue weighted by Gasteiger charge is -2.24. The summed E-state index contributed by atoms with van der Waals surface area (Å²) in [6, 6.07) is 5.49. The van der Waals surface area contributed by atoms with E-state index in [9.17, 15) is 13.2 Å². The first-order valence-electron chi connectivity index (χ1n) is 9.41. The van der Waals surface area contributed by atoms with E-state index in [-0.39, 0.29) is 31.4 Å². The van der Waals surface area contributed by atoms with Crippen LogP contribution in [-0.4, -0.2) is 52.0 Å². The molecule has 0 aliphatic heterocycles. The molecule has 1 heterocycles. The Labute approximate surface area is 175 Å². The number of carbonyl (C=O) groups excluding carboxylic acids is 1. The second-order valence-electron chi connectivity index (χ2n) is 7.66. The maximum Gasteiger partial charge on any atom is 0.264 e. The summed E-state index contributed by atoms with van der Waals surface area (Å²) in [6.45, 7) is 1.61. The highest BCUT2D eigenvalue weighted by Crippen LogP contribution is 2.36. The number of aliphatic hydroxyl groups is 1. The first-order valence-corrected chi connectivity index (χ1v) is 11.3. The van der Waals surface area contributed by atoms with Crippen molar-refractivity contribution in [1.29, 1.82) is 0 Å². The van der Waals surface area contributed by atoms with Gasteiger partial charge in [0, 0.05) is 42.5 Å². The van der Waals surface area contributed by atoms with Crippen LogP contribution in [0.1, 0.15) is 25.3 Å². The summed E-state index contributed by atoms with van der Waals surface area (Å²) in [7, 11) is -3.76. The number of aryl methyl sites for hydroxylation is 1. The zero-order valence-corrected chi connectivity index (χ0v) is 17.5. The Kier molecular flexibility index (Phi) is 6.18. The predicted octanol–water partition coefficient (Wildman–Crippen LogP) is 0.718. The normalized spacial score (nSPS) is 19.7. The average Bonchev–Trinajstić information content (AvgIpc) is 3.35. The highest BCUT2D eigenvalue weighted by molar-refractivity contribution is 7.92. The Bertz CT molecular complexity index is 1200. The number of amides is 1. The van der Waals surface area contributed by atoms with Crippen LogP contribution >= 0.6 is 0 Å². The maximum atomic E-state index is 12.1. The van der Waals surface area contributed by atoms with E-state index in [4.69, 9.17) is 10.3 Å². The molecule has 1 aliphatic rings. The van der Waals surface area contributed by atoms with Crippen LogP contribution in [0.2, 0.25) is 0 Å². The van der Waals surface area contributed by atoms with E-state index >= 15 is 0 Å². The zero-order chi connectivity index (χ0) is 21.9. The molecule has 0 saturated heterocycles. The lowest BCUT2D eigenvalue weighted by atomic mass is 10.1. The van der Waals surface area contributed by atoms with Gasteiger partial charge in [0.15, 0.2) is 14.6 Å². The molecule has 30 heavy (non-hydrogen) atoms. The molecule has 3 N–H and O–H groups in total. The lowest BCUT2D eigenvalue weighted by molar-refractivity contribution is -0.131. The average molecular weight is 429 g/mol. The Morgan fingerprint density at radius 2 is 2.17 bits per heavy atom. The van der Waals surface area contributed by atoms with Gasteiger partial charge in [-0.25, -0.2) is 13.9 Å². The van der Waals surface area contributed by atoms with Crippen molar-refractivity contribution in [3.05, 3.63) is 30.0 Å². The van der Waals surface area contributed by atoms with Crippen molar-refractivity contribution in [3.8, 4) is 23.7 Å². The fourth-order valence-corrected chi connectivity index (χ4v) is 3.89. The number of aromatic nitrogens is 2. The van der Waals surface area contributed by atoms with Gasteiger partial charge in [0.05, 0.1) is 5.52 Å². The second-order valence-corrected chi connectivity index (χ2v) is 10.1. The lowest BCUT2D eigenvalue weighted by Crippen LogP contribution is -2.49. The molecule has 0 radical (unpaired) electrons. The maximum absolute atomic E-state index is 12.1. The van der Waals surface area contributed by atoms with Crippen LogP contribution in [0.5, 0.6) is 0 Å². The number of hydrogen-bond acceptors (Lipinski definition) is 6. The van der Waals surface area contributed by atoms with Gasteiger partial charge in [-0.2, -0.15) is 5.10 Å². The molecule has 9 heteroatoms. The summed E-state index contributed by atoms with van der Waals surface area (Å²) >= 11 is 0. The first-order chi connectivity index (χ1) is 14.2. The third-order valence-electron chi connectivity index (χ3n) is 5.45. The van der Waals surface area contributed by atoms with E-state index < -0.39 is 20.5 Å². The van der Waals surface area contributed by atoms with Gasteiger partial charge in [-0.3, -0.25) is 14.7 Å². The summed E-state index contributed by atoms with van der Waals surface area (Å²) in [4.78, 5) is 11.9. The van der Waals surface area contributed by atoms with Gasteiger partial charge >= 0.3 is 0 Å². The molecular formula is C21H23N3O5S. The molecule has 8 nitrogen and oxygen atoms in total. The number of carbonyl (C=O) groups is 1. The summed E-state index contributed by atoms with van der Waals surface area (Å²) < 4.78 is 23.9. The monoisotopic (exact) mass is 429 g/mol. The molecule has 2 aromatic rings. The van der Waals surface area contributed by atoms with Crippen LogP contribution in [0.15, 0.2) is 24.4 Å². The van der Waals surface area contributed by atoms with Crippen LogP contribution < -0.4 is 5.48 Å². The van der Waals surface area contributed by atoms with E-state index in [1.54, 1.807) is 10.9 Å². The van der Waals surface area contributed by atoms with Crippen molar-refractivity contribution in [3.63, 3.8) is 0 Å². The number of fused-ring (bicyclic) bond motifs is 1. The summed E-state index contributed by atoms with van der Waals surface area (Å²) in [5.41, 5.74) is 2.92. The molecule has 1 aliphatic carbocycles. The Morgan fingerprint density at radius 3 is 2.80 bits per heavy atom. The summed E-state index contributed by atoms with van der Waals surface area (Å²) in [5.74, 6) is 11.2. The summed E-state index contributed by atoms with van der Waals surface area (Å²) in [6.07, 6.45) is 3.59. The van der Waals surface area contributed by atoms with E-state index in [1.165, 1.54) is 12.4 Å². The van der Waals surface area contributed by atoms with Crippen molar-refractivity contribution in [1.82, 2.24) is 15.3 Å². The number of benzene rings is 1. The van der Waals surface area contributed by atoms with Crippen LogP contribution in [0.25, 0.3) is 10.9 Å². The highest BCUT2D eigenvalue weighted by atomic mass is 32.2. The minimum absolute atomic E-state index is 0.0511. The first kappa shape index (κ1) is 21.8. The Morgan fingerprint density at radius 1 is 1.40 bits per heavy atom. The van der Waals surface area contributed by atoms with Gasteiger partial charge in [0.1, 0.15) is 0 Å². The fourth-order valence-electron chi connectivity index (χ4n) is 3.04. The van der Waals surface area contributed by atoms with Gasteiger partial charge in [-0.05, 0) is 55.7 Å². The number of hydroxylamine groups is 1. The number of aliphatic hydroxyl groups excluding tert-OH is 1. The Balaban J connectivity index is 1.72. The number of hydrogen-bond donors (Lipinski definition) is 3. The molecule has 158 valence electrons. The molecule has 1 aromatic heterocycles. The molecule has 1 amide bonds. The third-order valence-corrected chi connectivity index (χ3v) is 7.48. The van der Waals surface area contributed by atoms with Crippen LogP contribution in [-0.2, 0) is 21.2 Å². The molecule has 0 spiro atoms. The molecular weight excluding hydrogens is 406 g/mol. The molecule has 3 atom stereocenters. The molecule has 3 rings (SSSR count). The van der Waals surface area contributed by atoms with E-state index in [1.807, 2.05) is 18.2 Å². The number of nitrogens with one attached hydrogen (secondary N) is 1. The van der Waals surface area contributed by atoms with Crippen LogP contribution in [0.3, 0.4) is 0 Å². The van der Waals surface area contributed by atoms with Crippen LogP contribution in [0, 0.1) is 35.5 Å². The van der Waals surface area contributed by atoms with Crippen molar-refractivity contribution in [2.24, 2.45) is 11.8 Å². The standard InChI is InChI=1S/C21H23N3O5S/c1-21(20(26)23-27,30(2,28)29)9-10-24-13-17-11-15(7-8-19(17)22-24)5-3-4-6-16-12-18(16)14-25/h7-8,11,13,16,18,25,27H,9-10,12,14H2,1-2H3,(H,23,26)/t16-,18+,21?/m0/s1. The van der Waals surface area contributed by atoms with Crippen molar-refractivity contribution >= 4 is 26.6 Å². The van der Waals surface area contributed by atoms with Gasteiger partial charge < -0.3 is 5.11 Å². The van der Waals surface area contributed by atoms with Crippen LogP contribution in [0.4, 0.5) is 0 Å². The molecule has 1 fully saturated rings. The predicted molar refractivity (Wildman–Crippen MR) is 111 cm³/mol. The minimum atomic E-state index is -3.76. The van der Waals surface area contributed by atoms with Crippen molar-refractivity contribution in [2.75, 3.05) is 12.9 Å². The molecule has 1 aromatic carbocycles. The Hall–Kier alpha value is -2.85. The quantitative estimate of drug-likeness (QED) is 0.353. The minimum Gasteiger partial charge on any atom is -0.396 e. The molecule has 0 bridgehead atoms. The van der Waals surface area contributed by atoms with Gasteiger partial charge in [-0.1, -0.05) is 11.8 Å². The fraction of sp³-hybridized carbons (Fsp3) is 0.429. The zero-order valence-electron chi connectivity index (χ0n) is 16.7. The molecule has 1 unspecified atom stereocenters. The highest BCUT2D eigenvalue weighted by Gasteiger charge is 2.43. The number of nitrogens with zero attached hydrogens (tertiary/aromatic N) is 2. The van der Waals surface area contributed by atoms with Crippen molar-refractivity contribution in [2.45, 2.75) is 31.1 Å². The second kappa shape index (κ2) is 8.49. The summed E-state index contributed by atoms with van der Waals surface area (Å²) in [5, 5.41) is 23.1. The number of sulfone groups is 1. The van der Waals surface area contributed by atoms with E-state index in [0.717, 1.165) is 23.6 Å². The van der Waals surface area contributed by atoms with Crippen molar-refractivity contribution < 1.29 is 23.5 Å². The van der Waals surface area contributed by atoms with Gasteiger partial charge in [-0.15, -0.1) is 0 Å². The molecule has 1 saturated carbocycles.